The smallest absolute Gasteiger partial charge is 0.337 e. The number of para-hydroxylation sites is 1. The van der Waals surface area contributed by atoms with E-state index in [9.17, 15) is 14.9 Å². The lowest BCUT2D eigenvalue weighted by Gasteiger charge is -2.29. The van der Waals surface area contributed by atoms with E-state index in [0.717, 1.165) is 11.1 Å². The number of rotatable bonds is 8. The number of thioether (sulfide) groups is 1. The van der Waals surface area contributed by atoms with E-state index >= 15 is 0 Å². The van der Waals surface area contributed by atoms with Gasteiger partial charge in [0.15, 0.2) is 0 Å². The molecule has 0 aliphatic carbocycles. The van der Waals surface area contributed by atoms with Gasteiger partial charge in [0.05, 0.1) is 33.9 Å². The van der Waals surface area contributed by atoms with Gasteiger partial charge in [-0.15, -0.1) is 0 Å². The van der Waals surface area contributed by atoms with E-state index < -0.39 is 11.9 Å². The first-order valence-corrected chi connectivity index (χ1v) is 12.9. The standard InChI is InChI=1S/C29H24ClN3O3S/c1-19-26(29(35)36-17-20-8-4-2-5-9-20)27(21-12-14-22(30)15-13-21)24(16-31)28(32-19)37-18-25(34)33-23-10-6-3-7-11-23/h2-15,27,32H,17-18H2,1H3,(H,33,34)/t27-/m1/s1. The van der Waals surface area contributed by atoms with E-state index in [1.54, 1.807) is 43.3 Å². The average Bonchev–Trinajstić information content (AvgIpc) is 2.91. The molecule has 1 amide bonds. The van der Waals surface area contributed by atoms with Crippen LogP contribution in [0.3, 0.4) is 0 Å². The Morgan fingerprint density at radius 2 is 1.68 bits per heavy atom. The Morgan fingerprint density at radius 3 is 2.32 bits per heavy atom. The lowest BCUT2D eigenvalue weighted by Crippen LogP contribution is -2.29. The minimum absolute atomic E-state index is 0.0802. The minimum Gasteiger partial charge on any atom is -0.457 e. The molecule has 3 aromatic rings. The number of nitrogens with one attached hydrogen (secondary N) is 2. The van der Waals surface area contributed by atoms with E-state index in [1.807, 2.05) is 48.5 Å². The SMILES string of the molecule is CC1=C(C(=O)OCc2ccccc2)[C@H](c2ccc(Cl)cc2)C(C#N)=C(SCC(=O)Nc2ccccc2)N1. The number of benzene rings is 3. The second kappa shape index (κ2) is 12.3. The highest BCUT2D eigenvalue weighted by Crippen LogP contribution is 2.41. The molecule has 1 atom stereocenters. The van der Waals surface area contributed by atoms with Crippen molar-refractivity contribution in [2.24, 2.45) is 0 Å². The summed E-state index contributed by atoms with van der Waals surface area (Å²) in [7, 11) is 0. The highest BCUT2D eigenvalue weighted by atomic mass is 35.5. The second-order valence-corrected chi connectivity index (χ2v) is 9.69. The second-order valence-electron chi connectivity index (χ2n) is 8.27. The van der Waals surface area contributed by atoms with Gasteiger partial charge < -0.3 is 15.4 Å². The van der Waals surface area contributed by atoms with Crippen LogP contribution in [0.1, 0.15) is 24.0 Å². The van der Waals surface area contributed by atoms with Gasteiger partial charge in [-0.1, -0.05) is 84.0 Å². The van der Waals surface area contributed by atoms with Gasteiger partial charge in [0.25, 0.3) is 0 Å². The van der Waals surface area contributed by atoms with E-state index in [1.165, 1.54) is 11.8 Å². The molecule has 0 spiro atoms. The van der Waals surface area contributed by atoms with Gasteiger partial charge in [0, 0.05) is 16.4 Å². The number of dihydropyridines is 1. The van der Waals surface area contributed by atoms with Crippen LogP contribution in [0.15, 0.2) is 107 Å². The van der Waals surface area contributed by atoms with E-state index in [-0.39, 0.29) is 18.3 Å². The normalized spacial score (nSPS) is 15.0. The summed E-state index contributed by atoms with van der Waals surface area (Å²) in [4.78, 5) is 25.9. The number of nitriles is 1. The van der Waals surface area contributed by atoms with Crippen LogP contribution < -0.4 is 10.6 Å². The number of ether oxygens (including phenoxy) is 1. The molecule has 0 aromatic heterocycles. The summed E-state index contributed by atoms with van der Waals surface area (Å²) in [6.07, 6.45) is 0. The summed E-state index contributed by atoms with van der Waals surface area (Å²) >= 11 is 7.31. The lowest BCUT2D eigenvalue weighted by atomic mass is 9.82. The van der Waals surface area contributed by atoms with E-state index in [2.05, 4.69) is 16.7 Å². The summed E-state index contributed by atoms with van der Waals surface area (Å²) in [5.74, 6) is -1.32. The number of hydrogen-bond donors (Lipinski definition) is 2. The van der Waals surface area contributed by atoms with Crippen LogP contribution in [0.4, 0.5) is 5.69 Å². The van der Waals surface area contributed by atoms with Crippen LogP contribution in [0.2, 0.25) is 5.02 Å². The fourth-order valence-corrected chi connectivity index (χ4v) is 4.96. The number of amides is 1. The van der Waals surface area contributed by atoms with Crippen molar-refractivity contribution in [3.63, 3.8) is 0 Å². The van der Waals surface area contributed by atoms with Crippen LogP contribution in [0.5, 0.6) is 0 Å². The minimum atomic E-state index is -0.675. The summed E-state index contributed by atoms with van der Waals surface area (Å²) < 4.78 is 5.64. The molecule has 2 N–H and O–H groups in total. The average molecular weight is 530 g/mol. The summed E-state index contributed by atoms with van der Waals surface area (Å²) in [6, 6.07) is 27.8. The number of anilines is 1. The fraction of sp³-hybridized carbons (Fsp3) is 0.138. The molecule has 186 valence electrons. The molecule has 0 saturated heterocycles. The maximum absolute atomic E-state index is 13.3. The molecule has 1 aliphatic heterocycles. The van der Waals surface area contributed by atoms with Crippen LogP contribution in [0.25, 0.3) is 0 Å². The highest BCUT2D eigenvalue weighted by Gasteiger charge is 2.35. The number of allylic oxidation sites excluding steroid dienone is 2. The first kappa shape index (κ1) is 26.1. The predicted octanol–water partition coefficient (Wildman–Crippen LogP) is 6.15. The van der Waals surface area contributed by atoms with E-state index in [0.29, 0.717) is 32.6 Å². The third kappa shape index (κ3) is 6.62. The maximum atomic E-state index is 13.3. The molecule has 0 fully saturated rings. The number of carbonyl (C=O) groups excluding carboxylic acids is 2. The van der Waals surface area contributed by atoms with Gasteiger partial charge in [-0.25, -0.2) is 4.79 Å². The van der Waals surface area contributed by atoms with Gasteiger partial charge in [-0.05, 0) is 42.3 Å². The number of carbonyl (C=O) groups is 2. The van der Waals surface area contributed by atoms with Gasteiger partial charge in [-0.2, -0.15) is 5.26 Å². The van der Waals surface area contributed by atoms with Crippen LogP contribution in [0, 0.1) is 11.3 Å². The molecule has 3 aromatic carbocycles. The monoisotopic (exact) mass is 529 g/mol. The molecular weight excluding hydrogens is 506 g/mol. The number of hydrogen-bond acceptors (Lipinski definition) is 6. The molecule has 6 nitrogen and oxygen atoms in total. The quantitative estimate of drug-likeness (QED) is 0.340. The number of nitrogens with zero attached hydrogens (tertiary/aromatic N) is 1. The Kier molecular flexibility index (Phi) is 8.68. The van der Waals surface area contributed by atoms with Crippen molar-refractivity contribution < 1.29 is 14.3 Å². The van der Waals surface area contributed by atoms with Gasteiger partial charge in [0.1, 0.15) is 6.61 Å². The molecule has 4 rings (SSSR count). The molecule has 0 unspecified atom stereocenters. The maximum Gasteiger partial charge on any atom is 0.337 e. The molecule has 1 aliphatic rings. The summed E-state index contributed by atoms with van der Waals surface area (Å²) in [6.45, 7) is 1.87. The lowest BCUT2D eigenvalue weighted by molar-refractivity contribution is -0.140. The molecule has 1 heterocycles. The topological polar surface area (TPSA) is 91.2 Å². The molecule has 0 bridgehead atoms. The highest BCUT2D eigenvalue weighted by molar-refractivity contribution is 8.03. The third-order valence-corrected chi connectivity index (χ3v) is 6.96. The number of halogens is 1. The zero-order valence-electron chi connectivity index (χ0n) is 20.0. The van der Waals surface area contributed by atoms with Crippen molar-refractivity contribution in [2.75, 3.05) is 11.1 Å². The van der Waals surface area contributed by atoms with Crippen molar-refractivity contribution in [2.45, 2.75) is 19.4 Å². The molecule has 37 heavy (non-hydrogen) atoms. The van der Waals surface area contributed by atoms with Crippen LogP contribution in [-0.2, 0) is 20.9 Å². The summed E-state index contributed by atoms with van der Waals surface area (Å²) in [5.41, 5.74) is 3.50. The zero-order chi connectivity index (χ0) is 26.2. The van der Waals surface area contributed by atoms with Crippen molar-refractivity contribution in [1.29, 1.82) is 5.26 Å². The van der Waals surface area contributed by atoms with Gasteiger partial charge in [0.2, 0.25) is 5.91 Å². The van der Waals surface area contributed by atoms with Crippen molar-refractivity contribution in [3.8, 4) is 6.07 Å². The van der Waals surface area contributed by atoms with Gasteiger partial charge in [-0.3, -0.25) is 4.79 Å². The first-order valence-electron chi connectivity index (χ1n) is 11.5. The van der Waals surface area contributed by atoms with Crippen LogP contribution in [-0.4, -0.2) is 17.6 Å². The molecule has 0 radical (unpaired) electrons. The molecule has 8 heteroatoms. The molecule has 0 saturated carbocycles. The Labute approximate surface area is 225 Å². The van der Waals surface area contributed by atoms with Crippen LogP contribution >= 0.6 is 23.4 Å². The Hall–Kier alpha value is -3.99. The predicted molar refractivity (Wildman–Crippen MR) is 146 cm³/mol. The van der Waals surface area contributed by atoms with Crippen molar-refractivity contribution in [1.82, 2.24) is 5.32 Å². The zero-order valence-corrected chi connectivity index (χ0v) is 21.6. The Bertz CT molecular complexity index is 1380. The Morgan fingerprint density at radius 1 is 1.03 bits per heavy atom. The largest absolute Gasteiger partial charge is 0.457 e. The van der Waals surface area contributed by atoms with E-state index in [4.69, 9.17) is 16.3 Å². The summed E-state index contributed by atoms with van der Waals surface area (Å²) in [5, 5.41) is 17.2. The third-order valence-electron chi connectivity index (χ3n) is 5.69. The first-order chi connectivity index (χ1) is 18.0. The molecular formula is C29H24ClN3O3S. The van der Waals surface area contributed by atoms with Gasteiger partial charge >= 0.3 is 5.97 Å². The van der Waals surface area contributed by atoms with Crippen molar-refractivity contribution in [3.05, 3.63) is 123 Å². The van der Waals surface area contributed by atoms with Crippen molar-refractivity contribution >= 4 is 40.9 Å². The fourth-order valence-electron chi connectivity index (χ4n) is 3.94. The number of esters is 1. The Balaban J connectivity index is 1.59.